The minimum atomic E-state index is -0.0625. The van der Waals surface area contributed by atoms with Crippen LogP contribution in [0.4, 0.5) is 11.4 Å². The van der Waals surface area contributed by atoms with E-state index < -0.39 is 0 Å². The summed E-state index contributed by atoms with van der Waals surface area (Å²) in [6, 6.07) is 14.8. The van der Waals surface area contributed by atoms with E-state index in [0.717, 1.165) is 15.7 Å². The van der Waals surface area contributed by atoms with Crippen LogP contribution in [0.3, 0.4) is 0 Å². The van der Waals surface area contributed by atoms with Crippen molar-refractivity contribution >= 4 is 33.2 Å². The fourth-order valence-electron chi connectivity index (χ4n) is 1.65. The zero-order valence-electron chi connectivity index (χ0n) is 9.69. The summed E-state index contributed by atoms with van der Waals surface area (Å²) in [4.78, 5) is 11.9. The quantitative estimate of drug-likeness (QED) is 0.856. The second-order valence-electron chi connectivity index (χ2n) is 3.95. The molecule has 0 fully saturated rings. The number of carbonyl (C=O) groups excluding carboxylic acids is 1. The molecule has 0 aromatic heterocycles. The van der Waals surface area contributed by atoms with Gasteiger partial charge in [0.1, 0.15) is 0 Å². The van der Waals surface area contributed by atoms with Crippen LogP contribution in [0.1, 0.15) is 5.56 Å². The Labute approximate surface area is 114 Å². The highest BCUT2D eigenvalue weighted by atomic mass is 79.9. The maximum atomic E-state index is 11.9. The highest BCUT2D eigenvalue weighted by molar-refractivity contribution is 9.10. The number of nitrogens with one attached hydrogen (secondary N) is 1. The maximum Gasteiger partial charge on any atom is 0.228 e. The Kier molecular flexibility index (Phi) is 3.99. The van der Waals surface area contributed by atoms with E-state index in [-0.39, 0.29) is 5.91 Å². The summed E-state index contributed by atoms with van der Waals surface area (Å²) >= 11 is 3.39. The van der Waals surface area contributed by atoms with Crippen molar-refractivity contribution < 1.29 is 4.79 Å². The Balaban J connectivity index is 2.03. The first kappa shape index (κ1) is 12.6. The third-order valence-corrected chi connectivity index (χ3v) is 3.16. The third kappa shape index (κ3) is 3.34. The molecule has 0 radical (unpaired) electrons. The molecule has 0 aliphatic carbocycles. The van der Waals surface area contributed by atoms with Crippen LogP contribution in [0.15, 0.2) is 53.0 Å². The predicted molar refractivity (Wildman–Crippen MR) is 77.3 cm³/mol. The third-order valence-electron chi connectivity index (χ3n) is 2.46. The second kappa shape index (κ2) is 5.69. The predicted octanol–water partition coefficient (Wildman–Crippen LogP) is 3.21. The molecule has 2 aromatic carbocycles. The van der Waals surface area contributed by atoms with Gasteiger partial charge in [0.2, 0.25) is 5.91 Å². The maximum absolute atomic E-state index is 11.9. The summed E-state index contributed by atoms with van der Waals surface area (Å²) in [7, 11) is 0. The number of halogens is 1. The second-order valence-corrected chi connectivity index (χ2v) is 4.80. The molecule has 92 valence electrons. The van der Waals surface area contributed by atoms with E-state index in [0.29, 0.717) is 12.1 Å². The van der Waals surface area contributed by atoms with E-state index >= 15 is 0 Å². The van der Waals surface area contributed by atoms with Crippen molar-refractivity contribution in [1.82, 2.24) is 0 Å². The molecular formula is C14H13BrN2O. The van der Waals surface area contributed by atoms with Crippen molar-refractivity contribution in [2.24, 2.45) is 0 Å². The molecule has 0 atom stereocenters. The fourth-order valence-corrected chi connectivity index (χ4v) is 2.03. The minimum Gasteiger partial charge on any atom is -0.399 e. The smallest absolute Gasteiger partial charge is 0.228 e. The lowest BCUT2D eigenvalue weighted by Gasteiger charge is -2.07. The lowest BCUT2D eigenvalue weighted by Crippen LogP contribution is -2.14. The van der Waals surface area contributed by atoms with Gasteiger partial charge in [0.15, 0.2) is 0 Å². The van der Waals surface area contributed by atoms with Crippen LogP contribution in [-0.2, 0) is 11.2 Å². The highest BCUT2D eigenvalue weighted by Gasteiger charge is 2.06. The summed E-state index contributed by atoms with van der Waals surface area (Å²) in [5.41, 5.74) is 8.01. The highest BCUT2D eigenvalue weighted by Crippen LogP contribution is 2.21. The van der Waals surface area contributed by atoms with Gasteiger partial charge < -0.3 is 11.1 Å². The van der Waals surface area contributed by atoms with Gasteiger partial charge in [0.25, 0.3) is 0 Å². The summed E-state index contributed by atoms with van der Waals surface area (Å²) < 4.78 is 0.867. The minimum absolute atomic E-state index is 0.0625. The number of amides is 1. The molecule has 4 heteroatoms. The van der Waals surface area contributed by atoms with Gasteiger partial charge in [0, 0.05) is 10.2 Å². The molecule has 0 aliphatic heterocycles. The van der Waals surface area contributed by atoms with Crippen LogP contribution >= 0.6 is 15.9 Å². The average molecular weight is 305 g/mol. The fraction of sp³-hybridized carbons (Fsp3) is 0.0714. The van der Waals surface area contributed by atoms with E-state index in [1.54, 1.807) is 12.1 Å². The van der Waals surface area contributed by atoms with E-state index in [1.165, 1.54) is 0 Å². The van der Waals surface area contributed by atoms with Crippen LogP contribution in [-0.4, -0.2) is 5.91 Å². The summed E-state index contributed by atoms with van der Waals surface area (Å²) in [5, 5.41) is 2.85. The first-order chi connectivity index (χ1) is 8.65. The Morgan fingerprint density at radius 3 is 2.67 bits per heavy atom. The van der Waals surface area contributed by atoms with Gasteiger partial charge in [-0.05, 0) is 45.8 Å². The SMILES string of the molecule is Nc1cccc(CC(=O)Nc2ccccc2Br)c1. The van der Waals surface area contributed by atoms with Crippen LogP contribution in [0.2, 0.25) is 0 Å². The normalized spacial score (nSPS) is 10.1. The number of anilines is 2. The molecule has 18 heavy (non-hydrogen) atoms. The lowest BCUT2D eigenvalue weighted by atomic mass is 10.1. The molecule has 0 saturated carbocycles. The number of hydrogen-bond acceptors (Lipinski definition) is 2. The van der Waals surface area contributed by atoms with Crippen LogP contribution in [0, 0.1) is 0 Å². The molecule has 3 nitrogen and oxygen atoms in total. The Hall–Kier alpha value is -1.81. The molecule has 0 aliphatic rings. The zero-order valence-corrected chi connectivity index (χ0v) is 11.3. The Bertz CT molecular complexity index is 569. The van der Waals surface area contributed by atoms with E-state index in [4.69, 9.17) is 5.73 Å². The summed E-state index contributed by atoms with van der Waals surface area (Å²) in [6.45, 7) is 0. The van der Waals surface area contributed by atoms with E-state index in [1.807, 2.05) is 36.4 Å². The van der Waals surface area contributed by atoms with Crippen molar-refractivity contribution in [2.75, 3.05) is 11.1 Å². The summed E-state index contributed by atoms with van der Waals surface area (Å²) in [5.74, 6) is -0.0625. The van der Waals surface area contributed by atoms with Crippen LogP contribution in [0.5, 0.6) is 0 Å². The van der Waals surface area contributed by atoms with Crippen LogP contribution < -0.4 is 11.1 Å². The molecule has 0 spiro atoms. The van der Waals surface area contributed by atoms with E-state index in [2.05, 4.69) is 21.2 Å². The Morgan fingerprint density at radius 1 is 1.17 bits per heavy atom. The zero-order chi connectivity index (χ0) is 13.0. The first-order valence-electron chi connectivity index (χ1n) is 5.54. The van der Waals surface area contributed by atoms with Crippen molar-refractivity contribution in [3.8, 4) is 0 Å². The van der Waals surface area contributed by atoms with E-state index in [9.17, 15) is 4.79 Å². The number of rotatable bonds is 3. The number of nitrogens with two attached hydrogens (primary N) is 1. The molecule has 3 N–H and O–H groups in total. The Morgan fingerprint density at radius 2 is 1.94 bits per heavy atom. The van der Waals surface area contributed by atoms with Gasteiger partial charge in [-0.25, -0.2) is 0 Å². The number of nitrogen functional groups attached to an aromatic ring is 1. The largest absolute Gasteiger partial charge is 0.399 e. The van der Waals surface area contributed by atoms with Gasteiger partial charge in [-0.15, -0.1) is 0 Å². The molecule has 1 amide bonds. The molecule has 0 saturated heterocycles. The molecule has 2 rings (SSSR count). The number of carbonyl (C=O) groups is 1. The van der Waals surface area contributed by atoms with Gasteiger partial charge in [-0.3, -0.25) is 4.79 Å². The van der Waals surface area contributed by atoms with Crippen molar-refractivity contribution in [3.05, 3.63) is 58.6 Å². The van der Waals surface area contributed by atoms with Gasteiger partial charge in [-0.1, -0.05) is 24.3 Å². The molecular weight excluding hydrogens is 292 g/mol. The first-order valence-corrected chi connectivity index (χ1v) is 6.33. The lowest BCUT2D eigenvalue weighted by molar-refractivity contribution is -0.115. The monoisotopic (exact) mass is 304 g/mol. The van der Waals surface area contributed by atoms with Gasteiger partial charge in [0.05, 0.1) is 12.1 Å². The number of para-hydroxylation sites is 1. The average Bonchev–Trinajstić information content (AvgIpc) is 2.32. The summed E-state index contributed by atoms with van der Waals surface area (Å²) in [6.07, 6.45) is 0.312. The van der Waals surface area contributed by atoms with Crippen molar-refractivity contribution in [2.45, 2.75) is 6.42 Å². The number of hydrogen-bond donors (Lipinski definition) is 2. The molecule has 2 aromatic rings. The number of benzene rings is 2. The van der Waals surface area contributed by atoms with Gasteiger partial charge >= 0.3 is 0 Å². The van der Waals surface area contributed by atoms with Gasteiger partial charge in [-0.2, -0.15) is 0 Å². The molecule has 0 bridgehead atoms. The van der Waals surface area contributed by atoms with Crippen LogP contribution in [0.25, 0.3) is 0 Å². The standard InChI is InChI=1S/C14H13BrN2O/c15-12-6-1-2-7-13(12)17-14(18)9-10-4-3-5-11(16)8-10/h1-8H,9,16H2,(H,17,18). The van der Waals surface area contributed by atoms with Crippen molar-refractivity contribution in [1.29, 1.82) is 0 Å². The molecule has 0 unspecified atom stereocenters. The van der Waals surface area contributed by atoms with Crippen molar-refractivity contribution in [3.63, 3.8) is 0 Å². The topological polar surface area (TPSA) is 55.1 Å². The molecule has 0 heterocycles.